The average Bonchev–Trinajstić information content (AvgIpc) is 2.60. The van der Waals surface area contributed by atoms with Gasteiger partial charge in [0.05, 0.1) is 12.0 Å². The van der Waals surface area contributed by atoms with Crippen LogP contribution in [0.2, 0.25) is 0 Å². The highest BCUT2D eigenvalue weighted by Crippen LogP contribution is 2.33. The van der Waals surface area contributed by atoms with Crippen molar-refractivity contribution < 1.29 is 22.6 Å². The van der Waals surface area contributed by atoms with Crippen molar-refractivity contribution in [1.82, 2.24) is 4.72 Å². The summed E-state index contributed by atoms with van der Waals surface area (Å²) in [7, 11) is -2.15. The summed E-state index contributed by atoms with van der Waals surface area (Å²) in [5.74, 6) is 1.64. The van der Waals surface area contributed by atoms with Crippen LogP contribution in [0.25, 0.3) is 0 Å². The van der Waals surface area contributed by atoms with Crippen molar-refractivity contribution >= 4 is 10.0 Å². The predicted octanol–water partition coefficient (Wildman–Crippen LogP) is 2.81. The molecule has 3 rings (SSSR count). The summed E-state index contributed by atoms with van der Waals surface area (Å²) in [4.78, 5) is 0.134. The Morgan fingerprint density at radius 2 is 1.80 bits per heavy atom. The molecule has 25 heavy (non-hydrogen) atoms. The van der Waals surface area contributed by atoms with E-state index in [1.54, 1.807) is 20.1 Å². The Labute approximate surface area is 147 Å². The quantitative estimate of drug-likeness (QED) is 0.884. The number of sulfonamides is 1. The molecular weight excluding hydrogens is 342 g/mol. The van der Waals surface area contributed by atoms with Gasteiger partial charge in [0, 0.05) is 17.7 Å². The second-order valence-electron chi connectivity index (χ2n) is 5.89. The molecule has 134 valence electrons. The zero-order valence-electron chi connectivity index (χ0n) is 14.4. The maximum Gasteiger partial charge on any atom is 0.241 e. The Hall–Kier alpha value is -2.25. The highest BCUT2D eigenvalue weighted by Gasteiger charge is 2.23. The number of benzene rings is 2. The van der Waals surface area contributed by atoms with Gasteiger partial charge >= 0.3 is 0 Å². The third-order valence-electron chi connectivity index (χ3n) is 4.01. The zero-order valence-corrected chi connectivity index (χ0v) is 15.2. The molecule has 2 aromatic rings. The molecule has 0 amide bonds. The average molecular weight is 363 g/mol. The molecular formula is C18H21NO5S. The number of fused-ring (bicyclic) bond motifs is 1. The van der Waals surface area contributed by atoms with Crippen LogP contribution < -0.4 is 18.9 Å². The van der Waals surface area contributed by atoms with Gasteiger partial charge in [0.15, 0.2) is 11.5 Å². The second kappa shape index (κ2) is 6.93. The maximum atomic E-state index is 12.7. The van der Waals surface area contributed by atoms with E-state index in [9.17, 15) is 8.42 Å². The van der Waals surface area contributed by atoms with Crippen LogP contribution in [0.3, 0.4) is 0 Å². The van der Waals surface area contributed by atoms with Gasteiger partial charge in [0.1, 0.15) is 19.0 Å². The number of rotatable bonds is 5. The first-order valence-corrected chi connectivity index (χ1v) is 9.45. The molecule has 1 atom stereocenters. The maximum absolute atomic E-state index is 12.7. The first kappa shape index (κ1) is 17.6. The van der Waals surface area contributed by atoms with Gasteiger partial charge < -0.3 is 14.2 Å². The zero-order chi connectivity index (χ0) is 18.0. The summed E-state index contributed by atoms with van der Waals surface area (Å²) < 4.78 is 44.4. The number of nitrogens with one attached hydrogen (secondary N) is 1. The molecule has 0 unspecified atom stereocenters. The number of methoxy groups -OCH3 is 1. The Bertz CT molecular complexity index is 879. The minimum absolute atomic E-state index is 0.134. The number of ether oxygens (including phenoxy) is 3. The fourth-order valence-corrected chi connectivity index (χ4v) is 3.99. The summed E-state index contributed by atoms with van der Waals surface area (Å²) >= 11 is 0. The van der Waals surface area contributed by atoms with E-state index in [1.165, 1.54) is 12.1 Å². The molecule has 6 nitrogen and oxygen atoms in total. The summed E-state index contributed by atoms with van der Waals surface area (Å²) in [6.07, 6.45) is 0. The fraction of sp³-hybridized carbons (Fsp3) is 0.333. The lowest BCUT2D eigenvalue weighted by Gasteiger charge is -2.20. The third kappa shape index (κ3) is 3.72. The van der Waals surface area contributed by atoms with Gasteiger partial charge in [0.2, 0.25) is 10.0 Å². The van der Waals surface area contributed by atoms with Crippen LogP contribution in [0, 0.1) is 6.92 Å². The second-order valence-corrected chi connectivity index (χ2v) is 7.61. The Morgan fingerprint density at radius 3 is 2.52 bits per heavy atom. The van der Waals surface area contributed by atoms with Crippen LogP contribution >= 0.6 is 0 Å². The van der Waals surface area contributed by atoms with Crippen LogP contribution in [0.15, 0.2) is 41.3 Å². The largest absolute Gasteiger partial charge is 0.496 e. The third-order valence-corrected chi connectivity index (χ3v) is 5.55. The molecule has 0 radical (unpaired) electrons. The molecule has 0 spiro atoms. The SMILES string of the molecule is COc1ccc(C)cc1[C@H](C)NS(=O)(=O)c1ccc2c(c1)OCCO2. The number of hydrogen-bond acceptors (Lipinski definition) is 5. The van der Waals surface area contributed by atoms with E-state index in [0.717, 1.165) is 11.1 Å². The molecule has 0 aromatic heterocycles. The lowest BCUT2D eigenvalue weighted by Crippen LogP contribution is -2.27. The standard InChI is InChI=1S/C18H21NO5S/c1-12-4-6-16(22-3)15(10-12)13(2)19-25(20,21)14-5-7-17-18(11-14)24-9-8-23-17/h4-7,10-11,13,19H,8-9H2,1-3H3/t13-/m0/s1. The minimum atomic E-state index is -3.72. The van der Waals surface area contributed by atoms with E-state index in [2.05, 4.69) is 4.72 Å². The van der Waals surface area contributed by atoms with Gasteiger partial charge in [-0.15, -0.1) is 0 Å². The molecule has 7 heteroatoms. The van der Waals surface area contributed by atoms with E-state index in [-0.39, 0.29) is 4.90 Å². The van der Waals surface area contributed by atoms with Crippen molar-refractivity contribution in [2.45, 2.75) is 24.8 Å². The molecule has 0 saturated heterocycles. The van der Waals surface area contributed by atoms with Crippen molar-refractivity contribution in [3.63, 3.8) is 0 Å². The number of hydrogen-bond donors (Lipinski definition) is 1. The van der Waals surface area contributed by atoms with E-state index in [1.807, 2.05) is 25.1 Å². The van der Waals surface area contributed by atoms with E-state index >= 15 is 0 Å². The fourth-order valence-electron chi connectivity index (χ4n) is 2.75. The first-order chi connectivity index (χ1) is 11.9. The predicted molar refractivity (Wildman–Crippen MR) is 93.9 cm³/mol. The normalized spacial score (nSPS) is 14.8. The monoisotopic (exact) mass is 363 g/mol. The number of aryl methyl sites for hydroxylation is 1. The van der Waals surface area contributed by atoms with Gasteiger partial charge in [-0.25, -0.2) is 13.1 Å². The van der Waals surface area contributed by atoms with Crippen LogP contribution in [0.5, 0.6) is 17.2 Å². The molecule has 0 fully saturated rings. The molecule has 0 saturated carbocycles. The van der Waals surface area contributed by atoms with E-state index in [0.29, 0.717) is 30.5 Å². The van der Waals surface area contributed by atoms with Crippen molar-refractivity contribution in [2.75, 3.05) is 20.3 Å². The lowest BCUT2D eigenvalue weighted by atomic mass is 10.1. The summed E-state index contributed by atoms with van der Waals surface area (Å²) in [6, 6.07) is 9.82. The van der Waals surface area contributed by atoms with Gasteiger partial charge in [-0.05, 0) is 32.0 Å². The van der Waals surface area contributed by atoms with Gasteiger partial charge in [-0.3, -0.25) is 0 Å². The molecule has 1 aliphatic heterocycles. The first-order valence-electron chi connectivity index (χ1n) is 7.97. The molecule has 2 aromatic carbocycles. The smallest absolute Gasteiger partial charge is 0.241 e. The highest BCUT2D eigenvalue weighted by atomic mass is 32.2. The highest BCUT2D eigenvalue weighted by molar-refractivity contribution is 7.89. The van der Waals surface area contributed by atoms with Crippen molar-refractivity contribution in [1.29, 1.82) is 0 Å². The van der Waals surface area contributed by atoms with Gasteiger partial charge in [-0.2, -0.15) is 0 Å². The summed E-state index contributed by atoms with van der Waals surface area (Å²) in [6.45, 7) is 4.60. The van der Waals surface area contributed by atoms with Gasteiger partial charge in [-0.1, -0.05) is 17.7 Å². The Balaban J connectivity index is 1.87. The molecule has 0 bridgehead atoms. The molecule has 1 aliphatic rings. The topological polar surface area (TPSA) is 73.9 Å². The van der Waals surface area contributed by atoms with Crippen LogP contribution in [-0.2, 0) is 10.0 Å². The molecule has 0 aliphatic carbocycles. The Kier molecular flexibility index (Phi) is 4.87. The van der Waals surface area contributed by atoms with Gasteiger partial charge in [0.25, 0.3) is 0 Å². The van der Waals surface area contributed by atoms with Crippen molar-refractivity contribution in [3.05, 3.63) is 47.5 Å². The van der Waals surface area contributed by atoms with Crippen molar-refractivity contribution in [2.24, 2.45) is 0 Å². The summed E-state index contributed by atoms with van der Waals surface area (Å²) in [5, 5.41) is 0. The van der Waals surface area contributed by atoms with Crippen molar-refractivity contribution in [3.8, 4) is 17.2 Å². The summed E-state index contributed by atoms with van der Waals surface area (Å²) in [5.41, 5.74) is 1.81. The molecule has 1 N–H and O–H groups in total. The minimum Gasteiger partial charge on any atom is -0.496 e. The Morgan fingerprint density at radius 1 is 1.08 bits per heavy atom. The van der Waals surface area contributed by atoms with E-state index in [4.69, 9.17) is 14.2 Å². The van der Waals surface area contributed by atoms with Crippen LogP contribution in [0.4, 0.5) is 0 Å². The molecule has 1 heterocycles. The van der Waals surface area contributed by atoms with E-state index < -0.39 is 16.1 Å². The van der Waals surface area contributed by atoms with Crippen LogP contribution in [0.1, 0.15) is 24.1 Å². The van der Waals surface area contributed by atoms with Crippen LogP contribution in [-0.4, -0.2) is 28.7 Å². The lowest BCUT2D eigenvalue weighted by molar-refractivity contribution is 0.171.